The quantitative estimate of drug-likeness (QED) is 0.824. The van der Waals surface area contributed by atoms with Gasteiger partial charge in [-0.2, -0.15) is 4.37 Å². The number of nitrogens with zero attached hydrogens (tertiary/aromatic N) is 2. The minimum atomic E-state index is -0.127. The Kier molecular flexibility index (Phi) is 3.60. The lowest BCUT2D eigenvalue weighted by molar-refractivity contribution is -0.119. The summed E-state index contributed by atoms with van der Waals surface area (Å²) in [6.45, 7) is 3.77. The largest absolute Gasteiger partial charge is 0.315 e. The second-order valence-electron chi connectivity index (χ2n) is 3.46. The monoisotopic (exact) mass is 213 g/mol. The first-order valence-electron chi connectivity index (χ1n) is 4.41. The van der Waals surface area contributed by atoms with E-state index in [1.807, 2.05) is 38.9 Å². The summed E-state index contributed by atoms with van der Waals surface area (Å²) >= 11 is 1.31. The van der Waals surface area contributed by atoms with Crippen molar-refractivity contribution in [3.8, 4) is 0 Å². The molecule has 78 valence electrons. The molecule has 1 N–H and O–H groups in total. The van der Waals surface area contributed by atoms with Gasteiger partial charge in [0.05, 0.1) is 11.7 Å². The summed E-state index contributed by atoms with van der Waals surface area (Å²) in [6, 6.07) is 1.74. The summed E-state index contributed by atoms with van der Waals surface area (Å²) in [5, 5.41) is 3.63. The van der Waals surface area contributed by atoms with Gasteiger partial charge in [-0.25, -0.2) is 0 Å². The Balaban J connectivity index is 2.57. The highest BCUT2D eigenvalue weighted by molar-refractivity contribution is 7.10. The second-order valence-corrected chi connectivity index (χ2v) is 4.27. The van der Waals surface area contributed by atoms with Crippen LogP contribution in [0.25, 0.3) is 0 Å². The van der Waals surface area contributed by atoms with Crippen molar-refractivity contribution in [2.45, 2.75) is 19.9 Å². The Morgan fingerprint density at radius 3 is 2.71 bits per heavy atom. The van der Waals surface area contributed by atoms with Gasteiger partial charge in [-0.1, -0.05) is 0 Å². The van der Waals surface area contributed by atoms with Crippen LogP contribution in [0.1, 0.15) is 12.6 Å². The molecular weight excluding hydrogens is 198 g/mol. The van der Waals surface area contributed by atoms with E-state index in [-0.39, 0.29) is 11.9 Å². The summed E-state index contributed by atoms with van der Waals surface area (Å²) < 4.78 is 4.09. The van der Waals surface area contributed by atoms with E-state index < -0.39 is 0 Å². The van der Waals surface area contributed by atoms with Crippen LogP contribution in [0.3, 0.4) is 0 Å². The van der Waals surface area contributed by atoms with Crippen LogP contribution in [-0.4, -0.2) is 35.3 Å². The number of likely N-dealkylation sites (N-methyl/N-ethyl adjacent to an activating group) is 1. The maximum Gasteiger partial charge on any atom is 0.242 e. The number of aryl methyl sites for hydroxylation is 1. The number of hydrogen-bond donors (Lipinski definition) is 1. The number of amides is 1. The smallest absolute Gasteiger partial charge is 0.242 e. The summed E-state index contributed by atoms with van der Waals surface area (Å²) in [6.07, 6.45) is 0. The topological polar surface area (TPSA) is 45.2 Å². The molecule has 0 aliphatic heterocycles. The van der Waals surface area contributed by atoms with Crippen LogP contribution in [0.4, 0.5) is 5.00 Å². The molecule has 0 fully saturated rings. The Morgan fingerprint density at radius 2 is 2.29 bits per heavy atom. The SMILES string of the molecule is Cc1cc(NC(=O)C(C)N(C)C)sn1. The summed E-state index contributed by atoms with van der Waals surface area (Å²) in [7, 11) is 3.75. The van der Waals surface area contributed by atoms with Gasteiger partial charge >= 0.3 is 0 Å². The van der Waals surface area contributed by atoms with E-state index in [0.29, 0.717) is 0 Å². The molecule has 0 bridgehead atoms. The Hall–Kier alpha value is -0.940. The van der Waals surface area contributed by atoms with Crippen LogP contribution in [-0.2, 0) is 4.79 Å². The number of aromatic nitrogens is 1. The molecule has 1 atom stereocenters. The van der Waals surface area contributed by atoms with Crippen LogP contribution < -0.4 is 5.32 Å². The van der Waals surface area contributed by atoms with Crippen LogP contribution in [0, 0.1) is 6.92 Å². The first-order valence-corrected chi connectivity index (χ1v) is 5.18. The molecule has 1 aromatic heterocycles. The second kappa shape index (κ2) is 4.52. The van der Waals surface area contributed by atoms with Crippen LogP contribution in [0.2, 0.25) is 0 Å². The zero-order chi connectivity index (χ0) is 10.7. The molecule has 1 aromatic rings. The molecule has 1 amide bonds. The average Bonchev–Trinajstić information content (AvgIpc) is 2.49. The number of carbonyl (C=O) groups excluding carboxylic acids is 1. The molecular formula is C9H15N3OS. The van der Waals surface area contributed by atoms with Crippen molar-refractivity contribution < 1.29 is 4.79 Å². The van der Waals surface area contributed by atoms with Crippen molar-refractivity contribution in [3.63, 3.8) is 0 Å². The first-order chi connectivity index (χ1) is 6.50. The third-order valence-corrected chi connectivity index (χ3v) is 2.82. The summed E-state index contributed by atoms with van der Waals surface area (Å²) in [5.74, 6) is -0.00125. The molecule has 1 heterocycles. The minimum absolute atomic E-state index is 0.00125. The van der Waals surface area contributed by atoms with E-state index in [1.54, 1.807) is 0 Å². The van der Waals surface area contributed by atoms with Crippen LogP contribution >= 0.6 is 11.5 Å². The van der Waals surface area contributed by atoms with Crippen molar-refractivity contribution in [1.82, 2.24) is 9.27 Å². The fraction of sp³-hybridized carbons (Fsp3) is 0.556. The Morgan fingerprint density at radius 1 is 1.64 bits per heavy atom. The van der Waals surface area contributed by atoms with E-state index in [0.717, 1.165) is 10.7 Å². The van der Waals surface area contributed by atoms with Crippen LogP contribution in [0.15, 0.2) is 6.07 Å². The fourth-order valence-electron chi connectivity index (χ4n) is 0.883. The highest BCUT2D eigenvalue weighted by atomic mass is 32.1. The highest BCUT2D eigenvalue weighted by Gasteiger charge is 2.15. The van der Waals surface area contributed by atoms with Gasteiger partial charge in [0.2, 0.25) is 5.91 Å². The lowest BCUT2D eigenvalue weighted by atomic mass is 10.3. The molecule has 4 nitrogen and oxygen atoms in total. The van der Waals surface area contributed by atoms with Gasteiger partial charge in [0.1, 0.15) is 5.00 Å². The van der Waals surface area contributed by atoms with E-state index in [1.165, 1.54) is 11.5 Å². The Labute approximate surface area is 88.1 Å². The number of carbonyl (C=O) groups is 1. The molecule has 14 heavy (non-hydrogen) atoms. The minimum Gasteiger partial charge on any atom is -0.315 e. The predicted octanol–water partition coefficient (Wildman–Crippen LogP) is 1.34. The van der Waals surface area contributed by atoms with Crippen molar-refractivity contribution in [2.75, 3.05) is 19.4 Å². The fourth-order valence-corrected chi connectivity index (χ4v) is 1.55. The first kappa shape index (κ1) is 11.1. The standard InChI is InChI=1S/C9H15N3OS/c1-6-5-8(14-11-6)10-9(13)7(2)12(3)4/h5,7H,1-4H3,(H,10,13). The van der Waals surface area contributed by atoms with Gasteiger partial charge in [-0.3, -0.25) is 9.69 Å². The van der Waals surface area contributed by atoms with E-state index in [4.69, 9.17) is 0 Å². The van der Waals surface area contributed by atoms with Crippen molar-refractivity contribution in [1.29, 1.82) is 0 Å². The maximum atomic E-state index is 11.6. The molecule has 0 saturated carbocycles. The molecule has 5 heteroatoms. The molecule has 0 aliphatic carbocycles. The highest BCUT2D eigenvalue weighted by Crippen LogP contribution is 2.15. The van der Waals surface area contributed by atoms with Gasteiger partial charge in [0.25, 0.3) is 0 Å². The molecule has 0 spiro atoms. The zero-order valence-electron chi connectivity index (χ0n) is 8.87. The molecule has 0 aliphatic rings. The number of nitrogens with one attached hydrogen (secondary N) is 1. The normalized spacial score (nSPS) is 12.9. The van der Waals surface area contributed by atoms with E-state index in [9.17, 15) is 4.79 Å². The third kappa shape index (κ3) is 2.78. The number of rotatable bonds is 3. The molecule has 0 aromatic carbocycles. The van der Waals surface area contributed by atoms with E-state index >= 15 is 0 Å². The van der Waals surface area contributed by atoms with Crippen molar-refractivity contribution in [3.05, 3.63) is 11.8 Å². The summed E-state index contributed by atoms with van der Waals surface area (Å²) in [4.78, 5) is 13.5. The van der Waals surface area contributed by atoms with Gasteiger partial charge in [0.15, 0.2) is 0 Å². The molecule has 1 rings (SSSR count). The summed E-state index contributed by atoms with van der Waals surface area (Å²) in [5.41, 5.74) is 0.933. The van der Waals surface area contributed by atoms with Crippen molar-refractivity contribution in [2.24, 2.45) is 0 Å². The maximum absolute atomic E-state index is 11.6. The lowest BCUT2D eigenvalue weighted by Crippen LogP contribution is -2.36. The van der Waals surface area contributed by atoms with Gasteiger partial charge in [0, 0.05) is 0 Å². The third-order valence-electron chi connectivity index (χ3n) is 2.03. The van der Waals surface area contributed by atoms with Gasteiger partial charge in [-0.15, -0.1) is 0 Å². The van der Waals surface area contributed by atoms with Crippen molar-refractivity contribution >= 4 is 22.4 Å². The zero-order valence-corrected chi connectivity index (χ0v) is 9.68. The lowest BCUT2D eigenvalue weighted by Gasteiger charge is -2.17. The van der Waals surface area contributed by atoms with E-state index in [2.05, 4.69) is 9.69 Å². The molecule has 0 saturated heterocycles. The Bertz CT molecular complexity index is 322. The van der Waals surface area contributed by atoms with Crippen LogP contribution in [0.5, 0.6) is 0 Å². The van der Waals surface area contributed by atoms with Gasteiger partial charge in [-0.05, 0) is 45.5 Å². The average molecular weight is 213 g/mol. The number of hydrogen-bond acceptors (Lipinski definition) is 4. The number of anilines is 1. The van der Waals surface area contributed by atoms with Gasteiger partial charge < -0.3 is 5.32 Å². The molecule has 1 unspecified atom stereocenters. The predicted molar refractivity (Wildman–Crippen MR) is 58.6 cm³/mol. The molecule has 0 radical (unpaired) electrons.